The number of anilines is 1. The standard InChI is InChI=1S/C17H21N3O3/c1-18(2)8-7-16(21)12-3-5-13(6-4-12)19-10-15-9-14(19)11-20(15)17(22)23/h3-8,14-15H,9-11H2,1-2H3,(H,22,23). The quantitative estimate of drug-likeness (QED) is 0.679. The van der Waals surface area contributed by atoms with Crippen LogP contribution in [0.2, 0.25) is 0 Å². The molecule has 0 aromatic heterocycles. The molecule has 2 bridgehead atoms. The molecule has 122 valence electrons. The molecule has 2 heterocycles. The molecule has 2 aliphatic heterocycles. The molecule has 2 fully saturated rings. The third kappa shape index (κ3) is 3.02. The van der Waals surface area contributed by atoms with Gasteiger partial charge in [-0.25, -0.2) is 4.79 Å². The van der Waals surface area contributed by atoms with Gasteiger partial charge in [-0.1, -0.05) is 0 Å². The van der Waals surface area contributed by atoms with E-state index in [1.165, 1.54) is 4.90 Å². The number of hydrogen-bond acceptors (Lipinski definition) is 4. The zero-order valence-corrected chi connectivity index (χ0v) is 13.3. The second kappa shape index (κ2) is 5.95. The largest absolute Gasteiger partial charge is 0.465 e. The van der Waals surface area contributed by atoms with Gasteiger partial charge in [0.05, 0.1) is 6.04 Å². The highest BCUT2D eigenvalue weighted by atomic mass is 16.4. The van der Waals surface area contributed by atoms with Gasteiger partial charge in [0.15, 0.2) is 5.78 Å². The summed E-state index contributed by atoms with van der Waals surface area (Å²) in [6.45, 7) is 1.29. The summed E-state index contributed by atoms with van der Waals surface area (Å²) in [5.41, 5.74) is 1.71. The fraction of sp³-hybridized carbons (Fsp3) is 0.412. The number of allylic oxidation sites excluding steroid dienone is 1. The van der Waals surface area contributed by atoms with Gasteiger partial charge >= 0.3 is 6.09 Å². The number of piperazine rings is 1. The lowest BCUT2D eigenvalue weighted by Crippen LogP contribution is -2.48. The molecule has 0 radical (unpaired) electrons. The van der Waals surface area contributed by atoms with E-state index in [0.29, 0.717) is 12.1 Å². The van der Waals surface area contributed by atoms with Crippen LogP contribution >= 0.6 is 0 Å². The van der Waals surface area contributed by atoms with Crippen molar-refractivity contribution in [2.75, 3.05) is 32.1 Å². The van der Waals surface area contributed by atoms with Gasteiger partial charge in [0.25, 0.3) is 0 Å². The van der Waals surface area contributed by atoms with Crippen molar-refractivity contribution in [2.24, 2.45) is 0 Å². The van der Waals surface area contributed by atoms with Gasteiger partial charge in [0.1, 0.15) is 0 Å². The van der Waals surface area contributed by atoms with Gasteiger partial charge < -0.3 is 19.8 Å². The third-order valence-electron chi connectivity index (χ3n) is 4.49. The van der Waals surface area contributed by atoms with E-state index in [4.69, 9.17) is 5.11 Å². The molecule has 1 amide bonds. The van der Waals surface area contributed by atoms with Crippen LogP contribution in [-0.2, 0) is 0 Å². The lowest BCUT2D eigenvalue weighted by atomic mass is 10.1. The topological polar surface area (TPSA) is 64.1 Å². The van der Waals surface area contributed by atoms with Crippen molar-refractivity contribution >= 4 is 17.6 Å². The average Bonchev–Trinajstić information content (AvgIpc) is 3.13. The van der Waals surface area contributed by atoms with Crippen LogP contribution in [0.25, 0.3) is 0 Å². The molecular weight excluding hydrogens is 294 g/mol. The number of carbonyl (C=O) groups is 2. The van der Waals surface area contributed by atoms with Crippen molar-refractivity contribution in [1.82, 2.24) is 9.80 Å². The number of fused-ring (bicyclic) bond motifs is 2. The summed E-state index contributed by atoms with van der Waals surface area (Å²) in [6, 6.07) is 7.88. The van der Waals surface area contributed by atoms with Crippen LogP contribution in [0, 0.1) is 0 Å². The van der Waals surface area contributed by atoms with Gasteiger partial charge in [-0.2, -0.15) is 0 Å². The lowest BCUT2D eigenvalue weighted by molar-refractivity contribution is 0.104. The highest BCUT2D eigenvalue weighted by molar-refractivity contribution is 6.04. The maximum absolute atomic E-state index is 12.0. The van der Waals surface area contributed by atoms with Crippen LogP contribution in [0.15, 0.2) is 36.5 Å². The molecule has 3 rings (SSSR count). The number of carbonyl (C=O) groups excluding carboxylic acids is 1. The van der Waals surface area contributed by atoms with Crippen LogP contribution in [0.3, 0.4) is 0 Å². The molecule has 2 atom stereocenters. The maximum atomic E-state index is 12.0. The van der Waals surface area contributed by atoms with E-state index in [-0.39, 0.29) is 17.9 Å². The Morgan fingerprint density at radius 2 is 1.87 bits per heavy atom. The Morgan fingerprint density at radius 1 is 1.17 bits per heavy atom. The molecule has 23 heavy (non-hydrogen) atoms. The van der Waals surface area contributed by atoms with E-state index in [1.807, 2.05) is 43.3 Å². The van der Waals surface area contributed by atoms with Crippen LogP contribution in [0.4, 0.5) is 10.5 Å². The summed E-state index contributed by atoms with van der Waals surface area (Å²) in [6.07, 6.45) is 3.34. The summed E-state index contributed by atoms with van der Waals surface area (Å²) >= 11 is 0. The monoisotopic (exact) mass is 315 g/mol. The Labute approximate surface area is 135 Å². The summed E-state index contributed by atoms with van der Waals surface area (Å²) in [7, 11) is 3.74. The van der Waals surface area contributed by atoms with E-state index in [2.05, 4.69) is 4.90 Å². The first kappa shape index (κ1) is 15.4. The first-order valence-electron chi connectivity index (χ1n) is 7.71. The fourth-order valence-electron chi connectivity index (χ4n) is 3.35. The van der Waals surface area contributed by atoms with E-state index in [1.54, 1.807) is 12.3 Å². The molecule has 2 aliphatic rings. The van der Waals surface area contributed by atoms with Gasteiger partial charge in [0.2, 0.25) is 0 Å². The molecule has 0 spiro atoms. The van der Waals surface area contributed by atoms with E-state index < -0.39 is 6.09 Å². The number of ketones is 1. The zero-order chi connectivity index (χ0) is 16.6. The fourth-order valence-corrected chi connectivity index (χ4v) is 3.35. The van der Waals surface area contributed by atoms with E-state index in [9.17, 15) is 9.59 Å². The first-order valence-corrected chi connectivity index (χ1v) is 7.71. The van der Waals surface area contributed by atoms with Crippen molar-refractivity contribution in [1.29, 1.82) is 0 Å². The predicted molar refractivity (Wildman–Crippen MR) is 87.9 cm³/mol. The average molecular weight is 315 g/mol. The smallest absolute Gasteiger partial charge is 0.407 e. The number of hydrogen-bond donors (Lipinski definition) is 1. The number of amides is 1. The molecule has 6 nitrogen and oxygen atoms in total. The SMILES string of the molecule is CN(C)C=CC(=O)c1ccc(N2CC3CC2CN3C(=O)O)cc1. The normalized spacial score (nSPS) is 22.9. The second-order valence-electron chi connectivity index (χ2n) is 6.32. The highest BCUT2D eigenvalue weighted by Gasteiger charge is 2.45. The second-order valence-corrected chi connectivity index (χ2v) is 6.32. The molecule has 6 heteroatoms. The van der Waals surface area contributed by atoms with Crippen molar-refractivity contribution in [2.45, 2.75) is 18.5 Å². The maximum Gasteiger partial charge on any atom is 0.407 e. The lowest BCUT2D eigenvalue weighted by Gasteiger charge is -2.34. The van der Waals surface area contributed by atoms with Crippen LogP contribution in [0.1, 0.15) is 16.8 Å². The first-order chi connectivity index (χ1) is 11.0. The minimum absolute atomic E-state index is 0.0229. The van der Waals surface area contributed by atoms with E-state index in [0.717, 1.165) is 18.7 Å². The third-order valence-corrected chi connectivity index (χ3v) is 4.49. The Hall–Kier alpha value is -2.50. The summed E-state index contributed by atoms with van der Waals surface area (Å²) < 4.78 is 0. The van der Waals surface area contributed by atoms with Crippen molar-refractivity contribution in [3.63, 3.8) is 0 Å². The minimum atomic E-state index is -0.828. The Balaban J connectivity index is 1.68. The van der Waals surface area contributed by atoms with Gasteiger partial charge in [-0.3, -0.25) is 4.79 Å². The Morgan fingerprint density at radius 3 is 2.39 bits per heavy atom. The number of benzene rings is 1. The molecule has 1 aromatic carbocycles. The molecule has 0 aliphatic carbocycles. The Kier molecular flexibility index (Phi) is 3.98. The summed E-state index contributed by atoms with van der Waals surface area (Å²) in [5.74, 6) is -0.0229. The number of likely N-dealkylation sites (tertiary alicyclic amines) is 1. The zero-order valence-electron chi connectivity index (χ0n) is 13.3. The molecule has 2 saturated heterocycles. The van der Waals surface area contributed by atoms with Crippen LogP contribution < -0.4 is 4.90 Å². The molecule has 1 aromatic rings. The van der Waals surface area contributed by atoms with E-state index >= 15 is 0 Å². The van der Waals surface area contributed by atoms with Crippen molar-refractivity contribution < 1.29 is 14.7 Å². The van der Waals surface area contributed by atoms with Crippen molar-refractivity contribution in [3.8, 4) is 0 Å². The summed E-state index contributed by atoms with van der Waals surface area (Å²) in [5, 5.41) is 9.14. The number of nitrogens with zero attached hydrogens (tertiary/aromatic N) is 3. The molecule has 1 N–H and O–H groups in total. The van der Waals surface area contributed by atoms with Gasteiger partial charge in [0, 0.05) is 56.8 Å². The predicted octanol–water partition coefficient (Wildman–Crippen LogP) is 1.89. The minimum Gasteiger partial charge on any atom is -0.465 e. The Bertz CT molecular complexity index is 639. The number of carboxylic acid groups (broad SMARTS) is 1. The number of rotatable bonds is 4. The van der Waals surface area contributed by atoms with Gasteiger partial charge in [-0.05, 0) is 30.7 Å². The van der Waals surface area contributed by atoms with Crippen LogP contribution in [-0.4, -0.2) is 66.1 Å². The van der Waals surface area contributed by atoms with Crippen molar-refractivity contribution in [3.05, 3.63) is 42.1 Å². The summed E-state index contributed by atoms with van der Waals surface area (Å²) in [4.78, 5) is 28.7. The van der Waals surface area contributed by atoms with Gasteiger partial charge in [-0.15, -0.1) is 0 Å². The molecular formula is C17H21N3O3. The molecule has 0 saturated carbocycles. The van der Waals surface area contributed by atoms with Crippen LogP contribution in [0.5, 0.6) is 0 Å². The highest BCUT2D eigenvalue weighted by Crippen LogP contribution is 2.34. The molecule has 2 unspecified atom stereocenters.